The zero-order chi connectivity index (χ0) is 13.9. The van der Waals surface area contributed by atoms with E-state index in [1.807, 2.05) is 24.3 Å². The second-order valence-electron chi connectivity index (χ2n) is 4.15. The molecule has 4 nitrogen and oxygen atoms in total. The highest BCUT2D eigenvalue weighted by Gasteiger charge is 2.10. The van der Waals surface area contributed by atoms with Crippen LogP contribution >= 0.6 is 11.8 Å². The molecule has 3 aromatic rings. The Bertz CT molecular complexity index is 772. The number of para-hydroxylation sites is 2. The van der Waals surface area contributed by atoms with Crippen LogP contribution in [0.3, 0.4) is 0 Å². The van der Waals surface area contributed by atoms with Gasteiger partial charge in [0.05, 0.1) is 12.2 Å². The third-order valence-corrected chi connectivity index (χ3v) is 3.74. The molecule has 0 unspecified atom stereocenters. The number of aromatic nitrogens is 1. The van der Waals surface area contributed by atoms with Crippen molar-refractivity contribution in [1.29, 1.82) is 5.26 Å². The molecular formula is C15H10N2O2S. The second-order valence-corrected chi connectivity index (χ2v) is 5.14. The van der Waals surface area contributed by atoms with Crippen molar-refractivity contribution in [2.45, 2.75) is 16.7 Å². The molecule has 0 fully saturated rings. The van der Waals surface area contributed by atoms with E-state index in [-0.39, 0.29) is 6.61 Å². The lowest BCUT2D eigenvalue weighted by Crippen LogP contribution is -1.87. The lowest BCUT2D eigenvalue weighted by molar-refractivity contribution is 0.281. The van der Waals surface area contributed by atoms with Gasteiger partial charge in [-0.3, -0.25) is 0 Å². The summed E-state index contributed by atoms with van der Waals surface area (Å²) in [4.78, 5) is 5.12. The van der Waals surface area contributed by atoms with Crippen LogP contribution in [0.1, 0.15) is 11.1 Å². The largest absolute Gasteiger partial charge is 0.431 e. The molecule has 0 spiro atoms. The molecule has 3 rings (SSSR count). The molecule has 0 saturated heterocycles. The molecule has 0 bridgehead atoms. The third kappa shape index (κ3) is 2.39. The molecule has 0 aliphatic carbocycles. The van der Waals surface area contributed by atoms with Gasteiger partial charge in [-0.05, 0) is 41.6 Å². The zero-order valence-corrected chi connectivity index (χ0v) is 11.2. The molecule has 1 heterocycles. The summed E-state index contributed by atoms with van der Waals surface area (Å²) in [6.45, 7) is -0.0808. The minimum atomic E-state index is -0.0808. The third-order valence-electron chi connectivity index (χ3n) is 2.82. The number of nitrogens with zero attached hydrogens (tertiary/aromatic N) is 2. The minimum Gasteiger partial charge on any atom is -0.431 e. The number of hydrogen-bond acceptors (Lipinski definition) is 5. The lowest BCUT2D eigenvalue weighted by atomic mass is 10.1. The number of rotatable bonds is 3. The van der Waals surface area contributed by atoms with Gasteiger partial charge in [0.1, 0.15) is 11.6 Å². The van der Waals surface area contributed by atoms with E-state index in [0.29, 0.717) is 16.3 Å². The van der Waals surface area contributed by atoms with Gasteiger partial charge < -0.3 is 9.52 Å². The van der Waals surface area contributed by atoms with E-state index < -0.39 is 0 Å². The minimum absolute atomic E-state index is 0.0808. The van der Waals surface area contributed by atoms with Crippen LogP contribution < -0.4 is 0 Å². The Kier molecular flexibility index (Phi) is 3.42. The van der Waals surface area contributed by atoms with Gasteiger partial charge in [0.2, 0.25) is 0 Å². The maximum absolute atomic E-state index is 9.16. The van der Waals surface area contributed by atoms with Crippen molar-refractivity contribution in [3.63, 3.8) is 0 Å². The quantitative estimate of drug-likeness (QED) is 0.797. The van der Waals surface area contributed by atoms with Crippen molar-refractivity contribution < 1.29 is 9.52 Å². The highest BCUT2D eigenvalue weighted by molar-refractivity contribution is 7.99. The molecule has 1 aromatic heterocycles. The Hall–Kier alpha value is -2.29. The molecule has 0 aliphatic rings. The molecule has 98 valence electrons. The fraction of sp³-hybridized carbons (Fsp3) is 0.0667. The van der Waals surface area contributed by atoms with Crippen LogP contribution in [0.5, 0.6) is 0 Å². The Labute approximate surface area is 119 Å². The van der Waals surface area contributed by atoms with Crippen molar-refractivity contribution >= 4 is 22.9 Å². The SMILES string of the molecule is N#Cc1cc(CO)ccc1Sc1nc2ccccc2o1. The Morgan fingerprint density at radius 1 is 1.25 bits per heavy atom. The number of hydrogen-bond donors (Lipinski definition) is 1. The van der Waals surface area contributed by atoms with Gasteiger partial charge in [0.15, 0.2) is 5.58 Å². The number of oxazole rings is 1. The van der Waals surface area contributed by atoms with Gasteiger partial charge in [-0.25, -0.2) is 4.98 Å². The predicted molar refractivity (Wildman–Crippen MR) is 75.2 cm³/mol. The number of benzene rings is 2. The maximum atomic E-state index is 9.16. The van der Waals surface area contributed by atoms with Crippen molar-refractivity contribution in [2.24, 2.45) is 0 Å². The summed E-state index contributed by atoms with van der Waals surface area (Å²) in [5.74, 6) is 0. The summed E-state index contributed by atoms with van der Waals surface area (Å²) >= 11 is 1.30. The first-order valence-corrected chi connectivity index (χ1v) is 6.79. The molecule has 0 saturated carbocycles. The molecule has 2 aromatic carbocycles. The van der Waals surface area contributed by atoms with Crippen LogP contribution in [-0.4, -0.2) is 10.1 Å². The average Bonchev–Trinajstić information content (AvgIpc) is 2.90. The summed E-state index contributed by atoms with van der Waals surface area (Å²) < 4.78 is 5.62. The highest BCUT2D eigenvalue weighted by Crippen LogP contribution is 2.32. The van der Waals surface area contributed by atoms with E-state index >= 15 is 0 Å². The molecule has 0 aliphatic heterocycles. The first-order valence-electron chi connectivity index (χ1n) is 5.97. The van der Waals surface area contributed by atoms with Gasteiger partial charge in [-0.2, -0.15) is 5.26 Å². The molecular weight excluding hydrogens is 272 g/mol. The van der Waals surface area contributed by atoms with E-state index in [0.717, 1.165) is 16.0 Å². The lowest BCUT2D eigenvalue weighted by Gasteiger charge is -2.02. The zero-order valence-electron chi connectivity index (χ0n) is 10.4. The van der Waals surface area contributed by atoms with E-state index in [1.54, 1.807) is 18.2 Å². The highest BCUT2D eigenvalue weighted by atomic mass is 32.2. The molecule has 0 amide bonds. The number of aliphatic hydroxyl groups excluding tert-OH is 1. The standard InChI is InChI=1S/C15H10N2O2S/c16-8-11-7-10(9-18)5-6-14(11)20-15-17-12-3-1-2-4-13(12)19-15/h1-7,18H,9H2. The number of fused-ring (bicyclic) bond motifs is 1. The fourth-order valence-electron chi connectivity index (χ4n) is 1.84. The van der Waals surface area contributed by atoms with Crippen molar-refractivity contribution in [3.8, 4) is 6.07 Å². The van der Waals surface area contributed by atoms with Crippen molar-refractivity contribution in [3.05, 3.63) is 53.6 Å². The molecule has 5 heteroatoms. The summed E-state index contributed by atoms with van der Waals surface area (Å²) in [5, 5.41) is 18.7. The van der Waals surface area contributed by atoms with Crippen LogP contribution in [-0.2, 0) is 6.61 Å². The van der Waals surface area contributed by atoms with Crippen LogP contribution in [0.4, 0.5) is 0 Å². The number of nitriles is 1. The smallest absolute Gasteiger partial charge is 0.261 e. The van der Waals surface area contributed by atoms with Crippen molar-refractivity contribution in [2.75, 3.05) is 0 Å². The Balaban J connectivity index is 1.96. The predicted octanol–water partition coefficient (Wildman–Crippen LogP) is 3.34. The molecule has 20 heavy (non-hydrogen) atoms. The average molecular weight is 282 g/mol. The summed E-state index contributed by atoms with van der Waals surface area (Å²) in [6, 6.07) is 14.9. The summed E-state index contributed by atoms with van der Waals surface area (Å²) in [7, 11) is 0. The first-order chi connectivity index (χ1) is 9.80. The fourth-order valence-corrected chi connectivity index (χ4v) is 2.65. The van der Waals surface area contributed by atoms with E-state index in [2.05, 4.69) is 11.1 Å². The van der Waals surface area contributed by atoms with E-state index in [1.165, 1.54) is 11.8 Å². The van der Waals surface area contributed by atoms with E-state index in [9.17, 15) is 0 Å². The van der Waals surface area contributed by atoms with Crippen LogP contribution in [0, 0.1) is 11.3 Å². The van der Waals surface area contributed by atoms with Crippen LogP contribution in [0.2, 0.25) is 0 Å². The first kappa shape index (κ1) is 12.7. The van der Waals surface area contributed by atoms with Crippen LogP contribution in [0.15, 0.2) is 57.0 Å². The van der Waals surface area contributed by atoms with E-state index in [4.69, 9.17) is 14.8 Å². The van der Waals surface area contributed by atoms with Gasteiger partial charge in [0.25, 0.3) is 5.22 Å². The molecule has 0 radical (unpaired) electrons. The van der Waals surface area contributed by atoms with Gasteiger partial charge >= 0.3 is 0 Å². The Morgan fingerprint density at radius 3 is 2.85 bits per heavy atom. The normalized spacial score (nSPS) is 10.6. The monoisotopic (exact) mass is 282 g/mol. The summed E-state index contributed by atoms with van der Waals surface area (Å²) in [5.41, 5.74) is 2.73. The number of aliphatic hydroxyl groups is 1. The van der Waals surface area contributed by atoms with Gasteiger partial charge in [-0.1, -0.05) is 18.2 Å². The molecule has 1 N–H and O–H groups in total. The van der Waals surface area contributed by atoms with Gasteiger partial charge in [0, 0.05) is 4.90 Å². The molecule has 0 atom stereocenters. The van der Waals surface area contributed by atoms with Crippen LogP contribution in [0.25, 0.3) is 11.1 Å². The summed E-state index contributed by atoms with van der Waals surface area (Å²) in [6.07, 6.45) is 0. The van der Waals surface area contributed by atoms with Gasteiger partial charge in [-0.15, -0.1) is 0 Å². The Morgan fingerprint density at radius 2 is 2.10 bits per heavy atom. The topological polar surface area (TPSA) is 70.0 Å². The van der Waals surface area contributed by atoms with Crippen molar-refractivity contribution in [1.82, 2.24) is 4.98 Å². The maximum Gasteiger partial charge on any atom is 0.261 e. The second kappa shape index (κ2) is 5.37.